The Morgan fingerprint density at radius 2 is 2.20 bits per heavy atom. The maximum absolute atomic E-state index is 5.31. The summed E-state index contributed by atoms with van der Waals surface area (Å²) in [5, 5.41) is 3.49. The second kappa shape index (κ2) is 5.19. The van der Waals surface area contributed by atoms with Crippen LogP contribution in [0, 0.1) is 6.92 Å². The molecule has 4 nitrogen and oxygen atoms in total. The van der Waals surface area contributed by atoms with Gasteiger partial charge in [0.25, 0.3) is 0 Å². The number of ether oxygens (including phenoxy) is 1. The Bertz CT molecular complexity index is 310. The summed E-state index contributed by atoms with van der Waals surface area (Å²) in [7, 11) is 0. The van der Waals surface area contributed by atoms with Gasteiger partial charge in [-0.15, -0.1) is 0 Å². The molecular formula is C11H17N3O. The van der Waals surface area contributed by atoms with Crippen molar-refractivity contribution in [2.75, 3.05) is 13.2 Å². The molecule has 2 heterocycles. The molecule has 0 spiro atoms. The number of nitrogens with one attached hydrogen (secondary N) is 1. The average Bonchev–Trinajstić information content (AvgIpc) is 2.28. The first-order valence-corrected chi connectivity index (χ1v) is 5.43. The predicted octanol–water partition coefficient (Wildman–Crippen LogP) is 1.05. The zero-order chi connectivity index (χ0) is 10.5. The molecule has 1 saturated heterocycles. The van der Waals surface area contributed by atoms with Gasteiger partial charge in [-0.05, 0) is 25.8 Å². The highest BCUT2D eigenvalue weighted by molar-refractivity contribution is 5.06. The van der Waals surface area contributed by atoms with Crippen LogP contribution in [-0.2, 0) is 11.3 Å². The van der Waals surface area contributed by atoms with E-state index in [1.54, 1.807) is 6.33 Å². The lowest BCUT2D eigenvalue weighted by Crippen LogP contribution is -2.34. The minimum atomic E-state index is 0.578. The van der Waals surface area contributed by atoms with Gasteiger partial charge >= 0.3 is 0 Å². The van der Waals surface area contributed by atoms with Gasteiger partial charge in [0.05, 0.1) is 5.69 Å². The normalized spacial score (nSPS) is 17.9. The molecule has 0 bridgehead atoms. The molecule has 0 atom stereocenters. The monoisotopic (exact) mass is 207 g/mol. The van der Waals surface area contributed by atoms with Crippen molar-refractivity contribution in [2.45, 2.75) is 32.4 Å². The fourth-order valence-electron chi connectivity index (χ4n) is 1.76. The van der Waals surface area contributed by atoms with Gasteiger partial charge in [-0.25, -0.2) is 9.97 Å². The van der Waals surface area contributed by atoms with Gasteiger partial charge in [-0.2, -0.15) is 0 Å². The lowest BCUT2D eigenvalue weighted by atomic mass is 10.1. The van der Waals surface area contributed by atoms with Crippen LogP contribution in [0.15, 0.2) is 12.4 Å². The molecule has 4 heteroatoms. The summed E-state index contributed by atoms with van der Waals surface area (Å²) in [5.41, 5.74) is 2.09. The molecule has 0 radical (unpaired) electrons. The zero-order valence-electron chi connectivity index (χ0n) is 9.07. The van der Waals surface area contributed by atoms with Crippen molar-refractivity contribution in [3.05, 3.63) is 23.8 Å². The van der Waals surface area contributed by atoms with E-state index in [9.17, 15) is 0 Å². The molecule has 1 fully saturated rings. The molecule has 15 heavy (non-hydrogen) atoms. The third-order valence-electron chi connectivity index (χ3n) is 2.65. The average molecular weight is 207 g/mol. The smallest absolute Gasteiger partial charge is 0.115 e. The van der Waals surface area contributed by atoms with Crippen LogP contribution in [0.5, 0.6) is 0 Å². The molecular weight excluding hydrogens is 190 g/mol. The number of nitrogens with zero attached hydrogens (tertiary/aromatic N) is 2. The van der Waals surface area contributed by atoms with Crippen molar-refractivity contribution in [1.82, 2.24) is 15.3 Å². The van der Waals surface area contributed by atoms with Crippen LogP contribution in [0.3, 0.4) is 0 Å². The van der Waals surface area contributed by atoms with Gasteiger partial charge < -0.3 is 10.1 Å². The highest BCUT2D eigenvalue weighted by Gasteiger charge is 2.12. The summed E-state index contributed by atoms with van der Waals surface area (Å²) in [6.45, 7) is 4.56. The molecule has 0 amide bonds. The second-order valence-corrected chi connectivity index (χ2v) is 3.92. The van der Waals surface area contributed by atoms with Crippen LogP contribution >= 0.6 is 0 Å². The molecule has 0 aromatic carbocycles. The van der Waals surface area contributed by atoms with E-state index in [4.69, 9.17) is 4.74 Å². The summed E-state index contributed by atoms with van der Waals surface area (Å²) in [6.07, 6.45) is 3.82. The van der Waals surface area contributed by atoms with E-state index in [0.717, 1.165) is 44.0 Å². The van der Waals surface area contributed by atoms with Crippen LogP contribution in [-0.4, -0.2) is 29.2 Å². The number of aryl methyl sites for hydroxylation is 1. The lowest BCUT2D eigenvalue weighted by Gasteiger charge is -2.22. The van der Waals surface area contributed by atoms with Crippen molar-refractivity contribution in [1.29, 1.82) is 0 Å². The fourth-order valence-corrected chi connectivity index (χ4v) is 1.76. The molecule has 0 unspecified atom stereocenters. The second-order valence-electron chi connectivity index (χ2n) is 3.92. The Labute approximate surface area is 90.1 Å². The first kappa shape index (κ1) is 10.5. The fraction of sp³-hybridized carbons (Fsp3) is 0.636. The Kier molecular flexibility index (Phi) is 3.64. The van der Waals surface area contributed by atoms with Crippen LogP contribution in [0.25, 0.3) is 0 Å². The topological polar surface area (TPSA) is 47.0 Å². The third kappa shape index (κ3) is 3.25. The van der Waals surface area contributed by atoms with E-state index >= 15 is 0 Å². The molecule has 82 valence electrons. The van der Waals surface area contributed by atoms with Gasteiger partial charge in [0.2, 0.25) is 0 Å². The summed E-state index contributed by atoms with van der Waals surface area (Å²) in [5.74, 6) is 0. The van der Waals surface area contributed by atoms with E-state index in [1.807, 2.05) is 13.0 Å². The number of hydrogen-bond acceptors (Lipinski definition) is 4. The van der Waals surface area contributed by atoms with E-state index < -0.39 is 0 Å². The minimum Gasteiger partial charge on any atom is -0.381 e. The van der Waals surface area contributed by atoms with Gasteiger partial charge in [-0.1, -0.05) is 0 Å². The van der Waals surface area contributed by atoms with Crippen LogP contribution in [0.2, 0.25) is 0 Å². The maximum atomic E-state index is 5.31. The Balaban J connectivity index is 1.81. The van der Waals surface area contributed by atoms with Gasteiger partial charge in [-0.3, -0.25) is 0 Å². The predicted molar refractivity (Wildman–Crippen MR) is 57.4 cm³/mol. The summed E-state index contributed by atoms with van der Waals surface area (Å²) < 4.78 is 5.31. The van der Waals surface area contributed by atoms with Crippen LogP contribution in [0.4, 0.5) is 0 Å². The standard InChI is InChI=1S/C11H17N3O/c1-9-6-11(14-8-13-9)7-12-10-2-4-15-5-3-10/h6,8,10,12H,2-5,7H2,1H3. The third-order valence-corrected chi connectivity index (χ3v) is 2.65. The van der Waals surface area contributed by atoms with E-state index in [0.29, 0.717) is 6.04 Å². The molecule has 1 aliphatic rings. The van der Waals surface area contributed by atoms with Crippen LogP contribution in [0.1, 0.15) is 24.2 Å². The molecule has 1 N–H and O–H groups in total. The SMILES string of the molecule is Cc1cc(CNC2CCOCC2)ncn1. The molecule has 2 rings (SSSR count). The van der Waals surface area contributed by atoms with E-state index in [-0.39, 0.29) is 0 Å². The van der Waals surface area contributed by atoms with Crippen molar-refractivity contribution >= 4 is 0 Å². The van der Waals surface area contributed by atoms with Gasteiger partial charge in [0.1, 0.15) is 6.33 Å². The Morgan fingerprint density at radius 1 is 1.40 bits per heavy atom. The first-order valence-electron chi connectivity index (χ1n) is 5.43. The van der Waals surface area contributed by atoms with Crippen molar-refractivity contribution in [3.8, 4) is 0 Å². The quantitative estimate of drug-likeness (QED) is 0.805. The molecule has 1 aliphatic heterocycles. The van der Waals surface area contributed by atoms with Gasteiger partial charge in [0.15, 0.2) is 0 Å². The lowest BCUT2D eigenvalue weighted by molar-refractivity contribution is 0.0775. The summed E-state index contributed by atoms with van der Waals surface area (Å²) in [4.78, 5) is 8.29. The van der Waals surface area contributed by atoms with Crippen molar-refractivity contribution in [2.24, 2.45) is 0 Å². The highest BCUT2D eigenvalue weighted by Crippen LogP contribution is 2.07. The van der Waals surface area contributed by atoms with E-state index in [1.165, 1.54) is 0 Å². The highest BCUT2D eigenvalue weighted by atomic mass is 16.5. The maximum Gasteiger partial charge on any atom is 0.115 e. The Hall–Kier alpha value is -1.00. The van der Waals surface area contributed by atoms with Crippen molar-refractivity contribution in [3.63, 3.8) is 0 Å². The summed E-state index contributed by atoms with van der Waals surface area (Å²) >= 11 is 0. The minimum absolute atomic E-state index is 0.578. The van der Waals surface area contributed by atoms with Gasteiger partial charge in [0, 0.05) is 31.5 Å². The molecule has 1 aromatic heterocycles. The van der Waals surface area contributed by atoms with Crippen molar-refractivity contribution < 1.29 is 4.74 Å². The largest absolute Gasteiger partial charge is 0.381 e. The number of aromatic nitrogens is 2. The molecule has 0 aliphatic carbocycles. The number of hydrogen-bond donors (Lipinski definition) is 1. The van der Waals surface area contributed by atoms with Crippen LogP contribution < -0.4 is 5.32 Å². The summed E-state index contributed by atoms with van der Waals surface area (Å²) in [6, 6.07) is 2.60. The molecule has 0 saturated carbocycles. The Morgan fingerprint density at radius 3 is 2.93 bits per heavy atom. The first-order chi connectivity index (χ1) is 7.34. The zero-order valence-corrected chi connectivity index (χ0v) is 9.07. The molecule has 1 aromatic rings. The number of rotatable bonds is 3. The van der Waals surface area contributed by atoms with E-state index in [2.05, 4.69) is 15.3 Å².